The van der Waals surface area contributed by atoms with Crippen LogP contribution in [0, 0.1) is 17.8 Å². The lowest BCUT2D eigenvalue weighted by molar-refractivity contribution is -0.126. The van der Waals surface area contributed by atoms with Crippen LogP contribution in [0.5, 0.6) is 0 Å². The summed E-state index contributed by atoms with van der Waals surface area (Å²) in [5.41, 5.74) is 0. The first-order valence-corrected chi connectivity index (χ1v) is 6.70. The van der Waals surface area contributed by atoms with E-state index in [9.17, 15) is 4.79 Å². The summed E-state index contributed by atoms with van der Waals surface area (Å²) in [5, 5.41) is 1.18. The molecule has 1 aliphatic rings. The minimum atomic E-state index is 0.143. The van der Waals surface area contributed by atoms with Gasteiger partial charge in [-0.05, 0) is 5.92 Å². The van der Waals surface area contributed by atoms with E-state index < -0.39 is 0 Å². The first kappa shape index (κ1) is 12.8. The molecule has 0 bridgehead atoms. The first-order valence-electron chi connectivity index (χ1n) is 5.72. The van der Waals surface area contributed by atoms with Crippen molar-refractivity contribution in [1.82, 2.24) is 0 Å². The number of Topliss-reactive ketones (excluding diaryl/α,β-unsaturated/α-hetero) is 1. The van der Waals surface area contributed by atoms with E-state index in [4.69, 9.17) is 0 Å². The number of hydrogen-bond acceptors (Lipinski definition) is 3. The highest BCUT2D eigenvalue weighted by molar-refractivity contribution is 8.14. The lowest BCUT2D eigenvalue weighted by Crippen LogP contribution is -2.26. The largest absolute Gasteiger partial charge is 0.299 e. The maximum absolute atomic E-state index is 12.0. The quantitative estimate of drug-likeness (QED) is 0.722. The zero-order chi connectivity index (χ0) is 11.4. The first-order chi connectivity index (χ1) is 7.02. The van der Waals surface area contributed by atoms with Crippen molar-refractivity contribution in [3.8, 4) is 0 Å². The summed E-state index contributed by atoms with van der Waals surface area (Å²) in [7, 11) is 0. The second-order valence-electron chi connectivity index (χ2n) is 4.74. The Balaban J connectivity index is 2.61. The van der Waals surface area contributed by atoms with E-state index in [1.807, 2.05) is 25.6 Å². The number of carbonyl (C=O) groups excluding carboxylic acids is 1. The zero-order valence-electron chi connectivity index (χ0n) is 10.1. The monoisotopic (exact) mass is 227 g/mol. The average Bonchev–Trinajstić information content (AvgIpc) is 2.64. The van der Waals surface area contributed by atoms with E-state index in [0.717, 1.165) is 18.7 Å². The van der Waals surface area contributed by atoms with Crippen LogP contribution < -0.4 is 0 Å². The van der Waals surface area contributed by atoms with Crippen molar-refractivity contribution in [2.45, 2.75) is 34.1 Å². The van der Waals surface area contributed by atoms with Crippen molar-refractivity contribution in [3.05, 3.63) is 0 Å². The van der Waals surface area contributed by atoms with E-state index in [1.165, 1.54) is 5.04 Å². The van der Waals surface area contributed by atoms with Crippen molar-refractivity contribution in [2.24, 2.45) is 22.7 Å². The molecule has 0 N–H and O–H groups in total. The van der Waals surface area contributed by atoms with Gasteiger partial charge in [-0.3, -0.25) is 9.79 Å². The Hall–Kier alpha value is -0.310. The zero-order valence-corrected chi connectivity index (χ0v) is 10.9. The van der Waals surface area contributed by atoms with Crippen molar-refractivity contribution in [2.75, 3.05) is 12.3 Å². The van der Waals surface area contributed by atoms with Gasteiger partial charge in [0, 0.05) is 30.6 Å². The van der Waals surface area contributed by atoms with E-state index >= 15 is 0 Å². The number of ketones is 1. The van der Waals surface area contributed by atoms with Crippen LogP contribution in [0.25, 0.3) is 0 Å². The molecule has 86 valence electrons. The fraction of sp³-hybridized carbons (Fsp3) is 0.833. The van der Waals surface area contributed by atoms with Gasteiger partial charge in [0.15, 0.2) is 0 Å². The highest BCUT2D eigenvalue weighted by Gasteiger charge is 2.26. The van der Waals surface area contributed by atoms with Crippen LogP contribution in [0.15, 0.2) is 4.99 Å². The molecule has 0 radical (unpaired) electrons. The number of hydrogen-bond donors (Lipinski definition) is 0. The number of aliphatic imine (C=N–C) groups is 1. The molecule has 0 spiro atoms. The van der Waals surface area contributed by atoms with Gasteiger partial charge < -0.3 is 0 Å². The van der Waals surface area contributed by atoms with Crippen molar-refractivity contribution in [1.29, 1.82) is 0 Å². The van der Waals surface area contributed by atoms with Crippen molar-refractivity contribution >= 4 is 22.6 Å². The van der Waals surface area contributed by atoms with Gasteiger partial charge in [0.2, 0.25) is 0 Å². The molecular weight excluding hydrogens is 206 g/mol. The lowest BCUT2D eigenvalue weighted by atomic mass is 9.84. The van der Waals surface area contributed by atoms with Gasteiger partial charge in [-0.2, -0.15) is 0 Å². The molecule has 15 heavy (non-hydrogen) atoms. The third kappa shape index (κ3) is 3.63. The van der Waals surface area contributed by atoms with E-state index in [-0.39, 0.29) is 11.8 Å². The minimum absolute atomic E-state index is 0.143. The molecule has 1 aliphatic heterocycles. The molecule has 0 aliphatic carbocycles. The normalized spacial score (nSPS) is 18.4. The van der Waals surface area contributed by atoms with Crippen LogP contribution >= 0.6 is 11.8 Å². The van der Waals surface area contributed by atoms with Gasteiger partial charge in [0.05, 0.1) is 5.04 Å². The summed E-state index contributed by atoms with van der Waals surface area (Å²) in [4.78, 5) is 16.4. The minimum Gasteiger partial charge on any atom is -0.299 e. The second kappa shape index (κ2) is 5.69. The maximum atomic E-state index is 12.0. The van der Waals surface area contributed by atoms with Crippen LogP contribution in [0.1, 0.15) is 34.1 Å². The third-order valence-electron chi connectivity index (χ3n) is 2.78. The lowest BCUT2D eigenvalue weighted by Gasteiger charge is -2.21. The number of rotatable bonds is 5. The summed E-state index contributed by atoms with van der Waals surface area (Å²) in [6.07, 6.45) is 0.860. The molecule has 1 atom stereocenters. The number of thioether (sulfide) groups is 1. The van der Waals surface area contributed by atoms with Gasteiger partial charge in [-0.15, -0.1) is 11.8 Å². The summed E-state index contributed by atoms with van der Waals surface area (Å²) >= 11 is 1.82. The summed E-state index contributed by atoms with van der Waals surface area (Å²) < 4.78 is 0. The summed E-state index contributed by atoms with van der Waals surface area (Å²) in [5.74, 6) is 2.21. The summed E-state index contributed by atoms with van der Waals surface area (Å²) in [6.45, 7) is 9.17. The third-order valence-corrected chi connectivity index (χ3v) is 3.80. The second-order valence-corrected chi connectivity index (χ2v) is 5.90. The van der Waals surface area contributed by atoms with E-state index in [0.29, 0.717) is 11.7 Å². The molecule has 0 saturated heterocycles. The van der Waals surface area contributed by atoms with Crippen LogP contribution in [-0.4, -0.2) is 23.1 Å². The van der Waals surface area contributed by atoms with Crippen LogP contribution in [0.2, 0.25) is 0 Å². The molecule has 0 unspecified atom stereocenters. The van der Waals surface area contributed by atoms with Crippen LogP contribution in [0.3, 0.4) is 0 Å². The SMILES string of the molecule is CC(C)C(=O)[C@@H](CC1=NCCS1)C(C)C. The molecule has 0 amide bonds. The van der Waals surface area contributed by atoms with Crippen LogP contribution in [0.4, 0.5) is 0 Å². The Labute approximate surface area is 96.9 Å². The van der Waals surface area contributed by atoms with Gasteiger partial charge in [0.25, 0.3) is 0 Å². The Bertz CT molecular complexity index is 258. The van der Waals surface area contributed by atoms with Crippen LogP contribution in [-0.2, 0) is 4.79 Å². The van der Waals surface area contributed by atoms with Crippen molar-refractivity contribution in [3.63, 3.8) is 0 Å². The molecule has 2 nitrogen and oxygen atoms in total. The fourth-order valence-corrected chi connectivity index (χ4v) is 2.68. The van der Waals surface area contributed by atoms with E-state index in [1.54, 1.807) is 0 Å². The average molecular weight is 227 g/mol. The Morgan fingerprint density at radius 3 is 2.47 bits per heavy atom. The Morgan fingerprint density at radius 2 is 2.07 bits per heavy atom. The molecule has 0 aromatic rings. The number of carbonyl (C=O) groups is 1. The van der Waals surface area contributed by atoms with Gasteiger partial charge in [0.1, 0.15) is 5.78 Å². The number of nitrogens with zero attached hydrogens (tertiary/aromatic N) is 1. The molecule has 3 heteroatoms. The molecule has 0 aromatic carbocycles. The fourth-order valence-electron chi connectivity index (χ4n) is 1.78. The van der Waals surface area contributed by atoms with Gasteiger partial charge >= 0.3 is 0 Å². The highest BCUT2D eigenvalue weighted by atomic mass is 32.2. The van der Waals surface area contributed by atoms with Gasteiger partial charge in [-0.25, -0.2) is 0 Å². The van der Waals surface area contributed by atoms with E-state index in [2.05, 4.69) is 18.8 Å². The Morgan fingerprint density at radius 1 is 1.40 bits per heavy atom. The standard InChI is InChI=1S/C12H21NOS/c1-8(2)10(12(14)9(3)4)7-11-13-5-6-15-11/h8-10H,5-7H2,1-4H3/t10-/m0/s1. The molecule has 1 rings (SSSR count). The molecular formula is C12H21NOS. The Kier molecular flexibility index (Phi) is 4.84. The molecule has 0 fully saturated rings. The summed E-state index contributed by atoms with van der Waals surface area (Å²) in [6, 6.07) is 0. The molecule has 0 aromatic heterocycles. The van der Waals surface area contributed by atoms with Gasteiger partial charge in [-0.1, -0.05) is 27.7 Å². The smallest absolute Gasteiger partial charge is 0.139 e. The molecule has 0 saturated carbocycles. The highest BCUT2D eigenvalue weighted by Crippen LogP contribution is 2.26. The predicted molar refractivity (Wildman–Crippen MR) is 67.6 cm³/mol. The topological polar surface area (TPSA) is 29.4 Å². The predicted octanol–water partition coefficient (Wildman–Crippen LogP) is 3.02. The maximum Gasteiger partial charge on any atom is 0.139 e. The molecule has 1 heterocycles. The van der Waals surface area contributed by atoms with Crippen molar-refractivity contribution < 1.29 is 4.79 Å².